The van der Waals surface area contributed by atoms with Crippen molar-refractivity contribution >= 4 is 11.9 Å². The Hall–Kier alpha value is -2.86. The van der Waals surface area contributed by atoms with Gasteiger partial charge in [0, 0.05) is 17.5 Å². The van der Waals surface area contributed by atoms with Crippen molar-refractivity contribution in [2.45, 2.75) is 62.3 Å². The molecule has 3 N–H and O–H groups in total. The zero-order valence-electron chi connectivity index (χ0n) is 17.6. The van der Waals surface area contributed by atoms with Crippen molar-refractivity contribution in [2.24, 2.45) is 22.1 Å². The maximum atomic E-state index is 13.4. The van der Waals surface area contributed by atoms with Crippen molar-refractivity contribution < 1.29 is 45.3 Å². The van der Waals surface area contributed by atoms with Crippen LogP contribution in [0.25, 0.3) is 0 Å². The van der Waals surface area contributed by atoms with E-state index >= 15 is 0 Å². The summed E-state index contributed by atoms with van der Waals surface area (Å²) in [6.07, 6.45) is -9.52. The predicted octanol–water partition coefficient (Wildman–Crippen LogP) is 3.51. The summed E-state index contributed by atoms with van der Waals surface area (Å²) in [5, 5.41) is 2.54. The quantitative estimate of drug-likeness (QED) is 0.629. The summed E-state index contributed by atoms with van der Waals surface area (Å²) in [7, 11) is 0. The maximum absolute atomic E-state index is 13.4. The Bertz CT molecular complexity index is 1040. The van der Waals surface area contributed by atoms with E-state index in [4.69, 9.17) is 15.2 Å². The van der Waals surface area contributed by atoms with Crippen molar-refractivity contribution in [1.82, 2.24) is 5.32 Å². The molecule has 2 saturated carbocycles. The minimum atomic E-state index is -4.91. The first-order valence-corrected chi connectivity index (χ1v) is 10.8. The average molecular weight is 493 g/mol. The molecule has 1 aromatic carbocycles. The van der Waals surface area contributed by atoms with Gasteiger partial charge in [-0.1, -0.05) is 0 Å². The Balaban J connectivity index is 1.44. The van der Waals surface area contributed by atoms with E-state index in [1.807, 2.05) is 0 Å². The van der Waals surface area contributed by atoms with Gasteiger partial charge in [0.05, 0.1) is 0 Å². The number of halogens is 6. The molecule has 13 heteroatoms. The fourth-order valence-corrected chi connectivity index (χ4v) is 5.29. The third-order valence-corrected chi connectivity index (χ3v) is 7.14. The molecule has 0 saturated heterocycles. The molecule has 1 amide bonds. The van der Waals surface area contributed by atoms with Gasteiger partial charge in [0.2, 0.25) is 5.91 Å². The summed E-state index contributed by atoms with van der Waals surface area (Å²) in [6, 6.07) is 2.89. The van der Waals surface area contributed by atoms with Crippen LogP contribution in [0.4, 0.5) is 26.3 Å². The van der Waals surface area contributed by atoms with Gasteiger partial charge in [-0.05, 0) is 50.3 Å². The van der Waals surface area contributed by atoms with Gasteiger partial charge in [-0.2, -0.15) is 13.2 Å². The second kappa shape index (κ2) is 7.32. The number of nitrogens with two attached hydrogens (primary N) is 1. The van der Waals surface area contributed by atoms with E-state index in [-0.39, 0.29) is 37.5 Å². The van der Waals surface area contributed by atoms with Gasteiger partial charge >= 0.3 is 12.5 Å². The maximum Gasteiger partial charge on any atom is 0.573 e. The number of hydrogen-bond acceptors (Lipinski definition) is 6. The van der Waals surface area contributed by atoms with Crippen LogP contribution < -0.4 is 20.5 Å². The molecule has 186 valence electrons. The van der Waals surface area contributed by atoms with Crippen LogP contribution in [0.15, 0.2) is 23.2 Å². The van der Waals surface area contributed by atoms with E-state index in [1.54, 1.807) is 0 Å². The van der Waals surface area contributed by atoms with Crippen molar-refractivity contribution in [3.63, 3.8) is 0 Å². The van der Waals surface area contributed by atoms with Crippen molar-refractivity contribution in [3.8, 4) is 11.5 Å². The van der Waals surface area contributed by atoms with Crippen LogP contribution in [0.2, 0.25) is 0 Å². The number of nitrogens with zero attached hydrogens (tertiary/aromatic N) is 1. The molecule has 2 aliphatic carbocycles. The molecule has 4 aliphatic rings. The normalized spacial score (nSPS) is 31.5. The molecule has 1 spiro atoms. The van der Waals surface area contributed by atoms with Crippen molar-refractivity contribution in [2.75, 3.05) is 6.61 Å². The Morgan fingerprint density at radius 1 is 1.18 bits per heavy atom. The van der Waals surface area contributed by atoms with Gasteiger partial charge in [-0.3, -0.25) is 4.79 Å². The van der Waals surface area contributed by atoms with Crippen LogP contribution in [0, 0.1) is 11.3 Å². The number of carbonyl (C=O) groups is 1. The topological polar surface area (TPSA) is 95.2 Å². The molecular formula is C21H21F6N3O4. The highest BCUT2D eigenvalue weighted by Gasteiger charge is 2.68. The highest BCUT2D eigenvalue weighted by molar-refractivity contribution is 5.86. The van der Waals surface area contributed by atoms with Crippen LogP contribution in [0.3, 0.4) is 0 Å². The Morgan fingerprint density at radius 2 is 1.91 bits per heavy atom. The smallest absolute Gasteiger partial charge is 0.490 e. The van der Waals surface area contributed by atoms with E-state index in [9.17, 15) is 31.1 Å². The van der Waals surface area contributed by atoms with Crippen molar-refractivity contribution in [1.29, 1.82) is 0 Å². The summed E-state index contributed by atoms with van der Waals surface area (Å²) in [5.74, 6) is -1.74. The third kappa shape index (κ3) is 3.68. The van der Waals surface area contributed by atoms with E-state index in [1.165, 1.54) is 6.07 Å². The van der Waals surface area contributed by atoms with Gasteiger partial charge in [-0.25, -0.2) is 4.99 Å². The number of ether oxygens (including phenoxy) is 3. The zero-order valence-corrected chi connectivity index (χ0v) is 17.6. The van der Waals surface area contributed by atoms with Crippen LogP contribution in [-0.2, 0) is 15.1 Å². The number of amides is 1. The van der Waals surface area contributed by atoms with Crippen LogP contribution in [0.5, 0.6) is 11.5 Å². The van der Waals surface area contributed by atoms with Crippen LogP contribution in [-0.4, -0.2) is 43.2 Å². The molecule has 2 aliphatic heterocycles. The molecule has 0 aromatic heterocycles. The summed E-state index contributed by atoms with van der Waals surface area (Å²) >= 11 is 0. The Labute approximate surface area is 189 Å². The largest absolute Gasteiger partial charge is 0.573 e. The summed E-state index contributed by atoms with van der Waals surface area (Å²) in [6.45, 7) is -0.0843. The molecule has 1 aromatic rings. The van der Waals surface area contributed by atoms with E-state index in [2.05, 4.69) is 15.0 Å². The molecule has 34 heavy (non-hydrogen) atoms. The molecule has 5 rings (SSSR count). The van der Waals surface area contributed by atoms with Gasteiger partial charge in [0.25, 0.3) is 6.02 Å². The number of alkyl halides is 6. The van der Waals surface area contributed by atoms with E-state index < -0.39 is 53.2 Å². The molecule has 4 unspecified atom stereocenters. The summed E-state index contributed by atoms with van der Waals surface area (Å²) in [5.41, 5.74) is 2.47. The second-order valence-electron chi connectivity index (χ2n) is 9.19. The number of benzene rings is 1. The molecule has 0 bridgehead atoms. The summed E-state index contributed by atoms with van der Waals surface area (Å²) < 4.78 is 93.9. The molecule has 2 fully saturated rings. The van der Waals surface area contributed by atoms with Gasteiger partial charge in [-0.15, -0.1) is 13.2 Å². The lowest BCUT2D eigenvalue weighted by Gasteiger charge is -2.48. The standard InChI is InChI=1S/C21H21F6N3O4/c22-20(23,24)18(5-6-18)16(31)29-10-1-3-14-12(7-10)19(9-32-17(28)30-19)13-8-11(34-21(25,26)27)2-4-15(13)33-14/h2,4,8,10,12,14H,1,3,5-7,9H2,(H2,28,30)(H,29,31). The van der Waals surface area contributed by atoms with Crippen LogP contribution in [0.1, 0.15) is 37.7 Å². The summed E-state index contributed by atoms with van der Waals surface area (Å²) in [4.78, 5) is 16.9. The van der Waals surface area contributed by atoms with Crippen LogP contribution >= 0.6 is 0 Å². The average Bonchev–Trinajstić information content (AvgIpc) is 3.47. The third-order valence-electron chi connectivity index (χ3n) is 7.14. The number of rotatable bonds is 3. The minimum absolute atomic E-state index is 0.0843. The Morgan fingerprint density at radius 3 is 2.50 bits per heavy atom. The van der Waals surface area contributed by atoms with Crippen molar-refractivity contribution in [3.05, 3.63) is 23.8 Å². The lowest BCUT2D eigenvalue weighted by atomic mass is 9.67. The number of amidine groups is 1. The highest BCUT2D eigenvalue weighted by Crippen LogP contribution is 2.58. The first-order chi connectivity index (χ1) is 15.8. The molecular weight excluding hydrogens is 472 g/mol. The monoisotopic (exact) mass is 493 g/mol. The highest BCUT2D eigenvalue weighted by atomic mass is 19.4. The number of carbonyl (C=O) groups excluding carboxylic acids is 1. The zero-order chi connectivity index (χ0) is 24.5. The first-order valence-electron chi connectivity index (χ1n) is 10.8. The first kappa shape index (κ1) is 22.9. The van der Waals surface area contributed by atoms with Gasteiger partial charge < -0.3 is 25.3 Å². The lowest BCUT2D eigenvalue weighted by molar-refractivity contribution is -0.274. The van der Waals surface area contributed by atoms with Gasteiger partial charge in [0.15, 0.2) is 0 Å². The molecule has 2 heterocycles. The number of nitrogens with one attached hydrogen (secondary N) is 1. The Kier molecular flexibility index (Phi) is 4.93. The van der Waals surface area contributed by atoms with E-state index in [0.717, 1.165) is 12.1 Å². The molecule has 7 nitrogen and oxygen atoms in total. The molecule has 0 radical (unpaired) electrons. The SMILES string of the molecule is NC1=NC2(CO1)c1cc(OC(F)(F)F)ccc1OC1CCC(NC(=O)C3(C(F)(F)F)CC3)CC12. The predicted molar refractivity (Wildman–Crippen MR) is 104 cm³/mol. The fourth-order valence-electron chi connectivity index (χ4n) is 5.29. The number of hydrogen-bond donors (Lipinski definition) is 2. The van der Waals surface area contributed by atoms with Gasteiger partial charge in [0.1, 0.15) is 35.2 Å². The number of fused-ring (bicyclic) bond motifs is 4. The second-order valence-corrected chi connectivity index (χ2v) is 9.19. The fraction of sp³-hybridized carbons (Fsp3) is 0.619. The minimum Gasteiger partial charge on any atom is -0.490 e. The lowest BCUT2D eigenvalue weighted by Crippen LogP contribution is -2.55. The van der Waals surface area contributed by atoms with E-state index in [0.29, 0.717) is 18.6 Å². The molecule has 4 atom stereocenters. The number of aliphatic imine (C=N–C) groups is 1.